The number of ether oxygens (including phenoxy) is 7. The zero-order valence-corrected chi connectivity index (χ0v) is 47.1. The van der Waals surface area contributed by atoms with Crippen LogP contribution < -0.4 is 20.5 Å². The lowest BCUT2D eigenvalue weighted by Crippen LogP contribution is -2.40. The van der Waals surface area contributed by atoms with Gasteiger partial charge in [0.2, 0.25) is 11.2 Å². The van der Waals surface area contributed by atoms with Crippen LogP contribution in [-0.4, -0.2) is 97.2 Å². The highest BCUT2D eigenvalue weighted by molar-refractivity contribution is 7.49. The zero-order chi connectivity index (χ0) is 55.7. The molecule has 4 saturated heterocycles. The Morgan fingerprint density at radius 3 is 1.53 bits per heavy atom. The molecule has 0 bridgehead atoms. The van der Waals surface area contributed by atoms with Crippen molar-refractivity contribution in [2.45, 2.75) is 165 Å². The van der Waals surface area contributed by atoms with Gasteiger partial charge in [0.1, 0.15) is 60.2 Å². The van der Waals surface area contributed by atoms with Gasteiger partial charge in [-0.05, 0) is 81.6 Å². The number of rotatable bonds is 24. The molecule has 2 aromatic carbocycles. The molecule has 24 heteroatoms. The van der Waals surface area contributed by atoms with Crippen LogP contribution in [0.3, 0.4) is 0 Å². The molecule has 0 amide bonds. The van der Waals surface area contributed by atoms with E-state index in [0.29, 0.717) is 40.2 Å². The molecule has 0 saturated carbocycles. The minimum absolute atomic E-state index is 0.0377. The first kappa shape index (κ1) is 56.6. The molecule has 79 heavy (non-hydrogen) atoms. The number of unbranched alkanes of at least 4 members (excludes halogenated alkanes) is 8. The van der Waals surface area contributed by atoms with Crippen molar-refractivity contribution in [3.63, 3.8) is 0 Å². The molecule has 10 rings (SSSR count). The summed E-state index contributed by atoms with van der Waals surface area (Å²) in [4.78, 5) is 8.19. The summed E-state index contributed by atoms with van der Waals surface area (Å²) in [7, 11) is -4.69. The first-order chi connectivity index (χ1) is 37.9. The predicted molar refractivity (Wildman–Crippen MR) is 290 cm³/mol. The number of benzene rings is 2. The van der Waals surface area contributed by atoms with Crippen LogP contribution in [0.4, 0.5) is 11.6 Å². The van der Waals surface area contributed by atoms with Gasteiger partial charge in [-0.25, -0.2) is 23.6 Å². The van der Waals surface area contributed by atoms with Crippen LogP contribution in [0.5, 0.6) is 11.5 Å². The maximum atomic E-state index is 15.2. The summed E-state index contributed by atoms with van der Waals surface area (Å²) in [5, 5.41) is 30.8. The van der Waals surface area contributed by atoms with Gasteiger partial charge < -0.3 is 53.7 Å². The van der Waals surface area contributed by atoms with Crippen molar-refractivity contribution in [3.05, 3.63) is 106 Å². The van der Waals surface area contributed by atoms with E-state index >= 15 is 4.57 Å². The van der Waals surface area contributed by atoms with Crippen LogP contribution in [0.15, 0.2) is 73.3 Å². The second kappa shape index (κ2) is 23.1. The van der Waals surface area contributed by atoms with Gasteiger partial charge in [0.15, 0.2) is 34.7 Å². The van der Waals surface area contributed by atoms with Crippen molar-refractivity contribution in [2.24, 2.45) is 0 Å². The Balaban J connectivity index is 0.890. The predicted octanol–water partition coefficient (Wildman–Crippen LogP) is 10.1. The normalized spacial score (nSPS) is 25.8. The molecule has 4 aromatic heterocycles. The highest BCUT2D eigenvalue weighted by Gasteiger charge is 2.66. The second-order valence-electron chi connectivity index (χ2n) is 21.1. The molecule has 8 atom stereocenters. The highest BCUT2D eigenvalue weighted by Crippen LogP contribution is 2.55. The number of phosphoric acid groups is 1. The van der Waals surface area contributed by atoms with Crippen molar-refractivity contribution >= 4 is 53.7 Å². The van der Waals surface area contributed by atoms with Crippen molar-refractivity contribution in [2.75, 3.05) is 31.3 Å². The Morgan fingerprint density at radius 1 is 0.620 bits per heavy atom. The molecule has 4 N–H and O–H groups in total. The first-order valence-electron chi connectivity index (χ1n) is 26.8. The molecule has 0 unspecified atom stereocenters. The van der Waals surface area contributed by atoms with Crippen molar-refractivity contribution in [1.29, 1.82) is 10.5 Å². The molecule has 4 aliphatic heterocycles. The summed E-state index contributed by atoms with van der Waals surface area (Å²) < 4.78 is 81.8. The number of aromatic nitrogens is 6. The van der Waals surface area contributed by atoms with E-state index < -0.39 is 67.2 Å². The average molecular weight is 1140 g/mol. The lowest BCUT2D eigenvalue weighted by atomic mass is 9.91. The Bertz CT molecular complexity index is 3120. The first-order valence-corrected chi connectivity index (χ1v) is 29.0. The van der Waals surface area contributed by atoms with Gasteiger partial charge in [0, 0.05) is 19.4 Å². The molecule has 21 nitrogen and oxygen atoms in total. The highest BCUT2D eigenvalue weighted by atomic mass is 35.5. The Kier molecular flexibility index (Phi) is 16.5. The third kappa shape index (κ3) is 11.3. The minimum atomic E-state index is -4.69. The number of nitriles is 2. The smallest absolute Gasteiger partial charge is 0.393 e. The summed E-state index contributed by atoms with van der Waals surface area (Å²) in [5.41, 5.74) is 11.7. The number of hydrogen-bond acceptors (Lipinski definition) is 19. The van der Waals surface area contributed by atoms with Crippen molar-refractivity contribution < 1.29 is 51.3 Å². The maximum absolute atomic E-state index is 15.2. The Morgan fingerprint density at radius 2 is 1.08 bits per heavy atom. The van der Waals surface area contributed by atoms with E-state index in [4.69, 9.17) is 81.4 Å². The fourth-order valence-electron chi connectivity index (χ4n) is 11.1. The number of nitrogens with two attached hydrogens (primary N) is 2. The summed E-state index contributed by atoms with van der Waals surface area (Å²) >= 11 is 14.4. The van der Waals surface area contributed by atoms with E-state index in [1.165, 1.54) is 72.3 Å². The van der Waals surface area contributed by atoms with Gasteiger partial charge in [-0.3, -0.25) is 4.52 Å². The molecule has 420 valence electrons. The molecule has 0 aliphatic carbocycles. The zero-order valence-electron chi connectivity index (χ0n) is 44.7. The van der Waals surface area contributed by atoms with E-state index in [-0.39, 0.29) is 59.2 Å². The minimum Gasteiger partial charge on any atom is -0.393 e. The van der Waals surface area contributed by atoms with Crippen LogP contribution >= 0.6 is 31.0 Å². The van der Waals surface area contributed by atoms with E-state index in [0.717, 1.165) is 19.3 Å². The summed E-state index contributed by atoms with van der Waals surface area (Å²) in [6.45, 7) is 9.68. The van der Waals surface area contributed by atoms with Crippen LogP contribution in [0.2, 0.25) is 10.0 Å². The van der Waals surface area contributed by atoms with Gasteiger partial charge >= 0.3 is 7.82 Å². The molecule has 6 aromatic rings. The number of phosphoric ester groups is 1. The lowest BCUT2D eigenvalue weighted by Gasteiger charge is -2.29. The van der Waals surface area contributed by atoms with Gasteiger partial charge in [0.05, 0.1) is 46.9 Å². The Labute approximate surface area is 468 Å². The van der Waals surface area contributed by atoms with E-state index in [2.05, 4.69) is 39.2 Å². The number of fused-ring (bicyclic) bond motifs is 4. The van der Waals surface area contributed by atoms with Crippen molar-refractivity contribution in [1.82, 2.24) is 29.2 Å². The van der Waals surface area contributed by atoms with Crippen molar-refractivity contribution in [3.8, 4) is 23.6 Å². The number of nitrogens with zero attached hydrogens (tertiary/aromatic N) is 8. The fraction of sp³-hybridized carbons (Fsp3) is 0.527. The summed E-state index contributed by atoms with van der Waals surface area (Å²) in [5.74, 6) is -1.80. The third-order valence-corrected chi connectivity index (χ3v) is 16.9. The van der Waals surface area contributed by atoms with Crippen LogP contribution in [-0.2, 0) is 66.3 Å². The molecule has 4 aliphatic rings. The molecular formula is C55H65Cl2N10O11P. The number of anilines is 2. The summed E-state index contributed by atoms with van der Waals surface area (Å²) in [6, 6.07) is 21.5. The third-order valence-electron chi connectivity index (χ3n) is 14.7. The van der Waals surface area contributed by atoms with Gasteiger partial charge in [-0.15, -0.1) is 0 Å². The largest absolute Gasteiger partial charge is 0.587 e. The quantitative estimate of drug-likeness (QED) is 0.0421. The average Bonchev–Trinajstić information content (AvgIpc) is 3.05. The number of halogens is 2. The van der Waals surface area contributed by atoms with E-state index in [1.807, 2.05) is 0 Å². The second-order valence-corrected chi connectivity index (χ2v) is 23.4. The molecule has 4 fully saturated rings. The molecular weight excluding hydrogens is 1080 g/mol. The lowest BCUT2D eigenvalue weighted by molar-refractivity contribution is -0.201. The topological polar surface area (TPSA) is 269 Å². The standard InChI is InChI=1S/C55H65Cl2N10O11P/c1-6-7-8-9-10-11-12-13-14-25-69-26-27-70-79(68,77-38-19-15-17-34(44(38)56)28-40-46-48(75-52(2,3)73-46)54(30-58,71-40)42-23-21-36-50(60)62-32-64-66(36)42)78-39-20-16-18-35(45(39)57)29-41-47-49(76-53(4,5)74-47)55(31-59,72-41)43-24-22-37-51(61)63-33-65-67(37)43/h15-24,32-33,40-41,46-49H,6-14,25-29H2,1-5H3,(H2,60,62,64)(H2,61,63,65)/t40-,41-,46-,47-,48-,49-,54+,55+/m1/s1. The van der Waals surface area contributed by atoms with Gasteiger partial charge in [-0.2, -0.15) is 20.7 Å². The van der Waals surface area contributed by atoms with Gasteiger partial charge in [0.25, 0.3) is 0 Å². The number of hydrogen-bond donors (Lipinski definition) is 2. The fourth-order valence-corrected chi connectivity index (χ4v) is 12.9. The monoisotopic (exact) mass is 1140 g/mol. The Hall–Kier alpha value is -5.65. The van der Waals surface area contributed by atoms with E-state index in [9.17, 15) is 10.5 Å². The van der Waals surface area contributed by atoms with Crippen LogP contribution in [0.25, 0.3) is 11.0 Å². The number of nitrogen functional groups attached to an aromatic ring is 2. The SMILES string of the molecule is CCCCCCCCCCCOCCOP(=O)(Oc1cccc(C[C@H]2O[C@@](C#N)(c3ccc4c(N)ncnn34)[C@@H]3OC(C)(C)O[C@@H]32)c1Cl)Oc1cccc(C[C@H]2O[C@@](C#N)(c3ccc4c(N)ncnn34)[C@@H]3OC(C)(C)O[C@@H]32)c1Cl. The molecule has 0 radical (unpaired) electrons. The molecule has 0 spiro atoms. The van der Waals surface area contributed by atoms with Crippen LogP contribution in [0.1, 0.15) is 115 Å². The van der Waals surface area contributed by atoms with E-state index in [1.54, 1.807) is 76.2 Å². The van der Waals surface area contributed by atoms with Crippen LogP contribution in [0, 0.1) is 22.7 Å². The van der Waals surface area contributed by atoms with Gasteiger partial charge in [-0.1, -0.05) is 106 Å². The summed E-state index contributed by atoms with van der Waals surface area (Å²) in [6.07, 6.45) is 8.41. The molecule has 8 heterocycles. The maximum Gasteiger partial charge on any atom is 0.587 e.